The Labute approximate surface area is 174 Å². The minimum Gasteiger partial charge on any atom is -0.465 e. The van der Waals surface area contributed by atoms with E-state index in [9.17, 15) is 22.8 Å². The van der Waals surface area contributed by atoms with Gasteiger partial charge in [0, 0.05) is 15.1 Å². The standard InChI is InChI=1S/C17H12Br2F3NO5/c1-26-15(24)10-5-3-4-6-23(13(10)16(25)27-2)14-11(18)7-9(8-12(14)19)28-17(20,21)22/h3-8H,1-2H3. The van der Waals surface area contributed by atoms with Crippen LogP contribution in [-0.4, -0.2) is 32.5 Å². The van der Waals surface area contributed by atoms with Crippen LogP contribution in [0.15, 0.2) is 56.8 Å². The molecule has 0 amide bonds. The fourth-order valence-corrected chi connectivity index (χ4v) is 3.83. The Morgan fingerprint density at radius 3 is 2.07 bits per heavy atom. The Balaban J connectivity index is 2.67. The Morgan fingerprint density at radius 2 is 1.57 bits per heavy atom. The lowest BCUT2D eigenvalue weighted by atomic mass is 10.1. The molecule has 0 unspecified atom stereocenters. The monoisotopic (exact) mass is 525 g/mol. The van der Waals surface area contributed by atoms with Gasteiger partial charge in [0.1, 0.15) is 11.4 Å². The molecule has 150 valence electrons. The number of anilines is 1. The predicted octanol–water partition coefficient (Wildman–Crippen LogP) is 4.60. The number of alkyl halides is 3. The number of carbonyl (C=O) groups is 2. The molecular formula is C17H12Br2F3NO5. The van der Waals surface area contributed by atoms with Crippen molar-refractivity contribution in [2.24, 2.45) is 0 Å². The minimum absolute atomic E-state index is 0.103. The van der Waals surface area contributed by atoms with Gasteiger partial charge in [-0.05, 0) is 56.1 Å². The molecule has 0 saturated carbocycles. The fraction of sp³-hybridized carbons (Fsp3) is 0.176. The summed E-state index contributed by atoms with van der Waals surface area (Å²) in [7, 11) is 2.28. The van der Waals surface area contributed by atoms with E-state index in [0.717, 1.165) is 26.4 Å². The molecule has 1 heterocycles. The van der Waals surface area contributed by atoms with Gasteiger partial charge in [-0.15, -0.1) is 13.2 Å². The van der Waals surface area contributed by atoms with Gasteiger partial charge in [-0.1, -0.05) is 6.08 Å². The SMILES string of the molecule is COC(=O)C1=C(C(=O)OC)N(c2c(Br)cc(OC(F)(F)F)cc2Br)C=CC=C1. The highest BCUT2D eigenvalue weighted by Crippen LogP contribution is 2.42. The molecule has 0 fully saturated rings. The van der Waals surface area contributed by atoms with Crippen molar-refractivity contribution in [3.8, 4) is 5.75 Å². The quantitative estimate of drug-likeness (QED) is 0.534. The lowest BCUT2D eigenvalue weighted by molar-refractivity contribution is -0.274. The molecule has 0 N–H and O–H groups in total. The number of benzene rings is 1. The van der Waals surface area contributed by atoms with Crippen LogP contribution in [0.4, 0.5) is 18.9 Å². The molecule has 28 heavy (non-hydrogen) atoms. The molecule has 1 aromatic carbocycles. The van der Waals surface area contributed by atoms with Gasteiger partial charge in [-0.3, -0.25) is 0 Å². The number of allylic oxidation sites excluding steroid dienone is 2. The number of rotatable bonds is 4. The molecule has 2 rings (SSSR count). The van der Waals surface area contributed by atoms with Gasteiger partial charge in [-0.2, -0.15) is 0 Å². The molecule has 0 atom stereocenters. The number of ether oxygens (including phenoxy) is 3. The lowest BCUT2D eigenvalue weighted by Crippen LogP contribution is -2.27. The average molecular weight is 527 g/mol. The first kappa shape index (κ1) is 22.0. The molecule has 6 nitrogen and oxygen atoms in total. The second-order valence-corrected chi connectivity index (χ2v) is 6.81. The van der Waals surface area contributed by atoms with E-state index >= 15 is 0 Å². The van der Waals surface area contributed by atoms with Crippen molar-refractivity contribution < 1.29 is 37.0 Å². The Kier molecular flexibility index (Phi) is 6.94. The minimum atomic E-state index is -4.87. The molecule has 0 bridgehead atoms. The van der Waals surface area contributed by atoms with Gasteiger partial charge in [0.25, 0.3) is 0 Å². The second-order valence-electron chi connectivity index (χ2n) is 5.10. The van der Waals surface area contributed by atoms with Crippen molar-refractivity contribution in [1.82, 2.24) is 0 Å². The number of esters is 2. The van der Waals surface area contributed by atoms with Crippen molar-refractivity contribution in [3.63, 3.8) is 0 Å². The summed E-state index contributed by atoms with van der Waals surface area (Å²) in [5.74, 6) is -2.13. The first-order valence-electron chi connectivity index (χ1n) is 7.38. The lowest BCUT2D eigenvalue weighted by Gasteiger charge is -2.25. The van der Waals surface area contributed by atoms with E-state index in [2.05, 4.69) is 36.6 Å². The van der Waals surface area contributed by atoms with E-state index in [-0.39, 0.29) is 25.9 Å². The third-order valence-electron chi connectivity index (χ3n) is 3.35. The summed E-state index contributed by atoms with van der Waals surface area (Å²) in [4.78, 5) is 25.8. The van der Waals surface area contributed by atoms with Crippen molar-refractivity contribution in [3.05, 3.63) is 56.8 Å². The maximum atomic E-state index is 12.5. The predicted molar refractivity (Wildman–Crippen MR) is 100 cm³/mol. The first-order valence-corrected chi connectivity index (χ1v) is 8.97. The van der Waals surface area contributed by atoms with Crippen LogP contribution in [0.5, 0.6) is 5.75 Å². The van der Waals surface area contributed by atoms with Gasteiger partial charge >= 0.3 is 18.3 Å². The van der Waals surface area contributed by atoms with Crippen LogP contribution >= 0.6 is 31.9 Å². The smallest absolute Gasteiger partial charge is 0.465 e. The van der Waals surface area contributed by atoms with Crippen LogP contribution < -0.4 is 9.64 Å². The van der Waals surface area contributed by atoms with Crippen LogP contribution in [0.25, 0.3) is 0 Å². The summed E-state index contributed by atoms with van der Waals surface area (Å²) in [5, 5.41) is 0. The fourth-order valence-electron chi connectivity index (χ4n) is 2.30. The van der Waals surface area contributed by atoms with Crippen molar-refractivity contribution in [2.45, 2.75) is 6.36 Å². The number of hydrogen-bond donors (Lipinski definition) is 0. The largest absolute Gasteiger partial charge is 0.573 e. The zero-order chi connectivity index (χ0) is 21.1. The molecule has 0 radical (unpaired) electrons. The Hall–Kier alpha value is -2.27. The van der Waals surface area contributed by atoms with Crippen LogP contribution in [0, 0.1) is 0 Å². The number of halogens is 5. The third kappa shape index (κ3) is 4.96. The van der Waals surface area contributed by atoms with Crippen molar-refractivity contribution in [1.29, 1.82) is 0 Å². The van der Waals surface area contributed by atoms with Crippen LogP contribution in [-0.2, 0) is 19.1 Å². The van der Waals surface area contributed by atoms with E-state index < -0.39 is 24.1 Å². The molecule has 1 aromatic rings. The number of nitrogens with zero attached hydrogens (tertiary/aromatic N) is 1. The Bertz CT molecular complexity index is 870. The molecule has 0 aliphatic carbocycles. The molecule has 0 spiro atoms. The van der Waals surface area contributed by atoms with Crippen LogP contribution in [0.2, 0.25) is 0 Å². The maximum Gasteiger partial charge on any atom is 0.573 e. The number of methoxy groups -OCH3 is 2. The summed E-state index contributed by atoms with van der Waals surface area (Å²) in [6.45, 7) is 0. The highest BCUT2D eigenvalue weighted by Gasteiger charge is 2.33. The molecular weight excluding hydrogens is 515 g/mol. The van der Waals surface area contributed by atoms with Crippen LogP contribution in [0.3, 0.4) is 0 Å². The second kappa shape index (κ2) is 8.82. The summed E-state index contributed by atoms with van der Waals surface area (Å²) >= 11 is 6.35. The van der Waals surface area contributed by atoms with Crippen molar-refractivity contribution in [2.75, 3.05) is 19.1 Å². The van der Waals surface area contributed by atoms with E-state index in [1.165, 1.54) is 29.3 Å². The van der Waals surface area contributed by atoms with Gasteiger partial charge in [0.15, 0.2) is 0 Å². The number of carbonyl (C=O) groups excluding carboxylic acids is 2. The zero-order valence-corrected chi connectivity index (χ0v) is 17.5. The molecule has 0 saturated heterocycles. The normalized spacial score (nSPS) is 14.0. The Morgan fingerprint density at radius 1 is 1.00 bits per heavy atom. The summed E-state index contributed by atoms with van der Waals surface area (Å²) < 4.78 is 51.2. The maximum absolute atomic E-state index is 12.5. The summed E-state index contributed by atoms with van der Waals surface area (Å²) in [5.41, 5.74) is -0.0599. The summed E-state index contributed by atoms with van der Waals surface area (Å²) in [6, 6.07) is 2.15. The van der Waals surface area contributed by atoms with Gasteiger partial charge in [0.05, 0.1) is 25.5 Å². The molecule has 1 aliphatic rings. The van der Waals surface area contributed by atoms with Gasteiger partial charge < -0.3 is 19.1 Å². The first-order chi connectivity index (χ1) is 13.1. The third-order valence-corrected chi connectivity index (χ3v) is 4.56. The van der Waals surface area contributed by atoms with E-state index in [1.54, 1.807) is 0 Å². The molecule has 0 aromatic heterocycles. The van der Waals surface area contributed by atoms with Crippen molar-refractivity contribution >= 4 is 49.5 Å². The highest BCUT2D eigenvalue weighted by atomic mass is 79.9. The van der Waals surface area contributed by atoms with E-state index in [4.69, 9.17) is 9.47 Å². The van der Waals surface area contributed by atoms with E-state index in [0.29, 0.717) is 0 Å². The highest BCUT2D eigenvalue weighted by molar-refractivity contribution is 9.11. The topological polar surface area (TPSA) is 65.1 Å². The zero-order valence-electron chi connectivity index (χ0n) is 14.3. The molecule has 11 heteroatoms. The van der Waals surface area contributed by atoms with Gasteiger partial charge in [0.2, 0.25) is 0 Å². The van der Waals surface area contributed by atoms with Crippen LogP contribution in [0.1, 0.15) is 0 Å². The molecule has 1 aliphatic heterocycles. The number of hydrogen-bond acceptors (Lipinski definition) is 6. The summed E-state index contributed by atoms with van der Waals surface area (Å²) in [6.07, 6.45) is 0.948. The van der Waals surface area contributed by atoms with Gasteiger partial charge in [-0.25, -0.2) is 9.59 Å². The average Bonchev–Trinajstić information content (AvgIpc) is 2.81. The van der Waals surface area contributed by atoms with E-state index in [1.807, 2.05) is 0 Å².